The molecule has 2 aromatic heterocycles. The molecule has 0 N–H and O–H groups in total. The molecule has 1 saturated heterocycles. The first-order valence-corrected chi connectivity index (χ1v) is 12.7. The molecule has 3 heterocycles. The van der Waals surface area contributed by atoms with E-state index in [9.17, 15) is 4.79 Å². The van der Waals surface area contributed by atoms with E-state index < -0.39 is 0 Å². The summed E-state index contributed by atoms with van der Waals surface area (Å²) in [4.78, 5) is 18.2. The van der Waals surface area contributed by atoms with Gasteiger partial charge in [-0.25, -0.2) is 9.67 Å². The van der Waals surface area contributed by atoms with Crippen molar-refractivity contribution in [3.8, 4) is 5.69 Å². The fourth-order valence-corrected chi connectivity index (χ4v) is 5.93. The highest BCUT2D eigenvalue weighted by atomic mass is 32.2. The first-order valence-electron chi connectivity index (χ1n) is 11.7. The Balaban J connectivity index is 1.35. The van der Waals surface area contributed by atoms with E-state index in [2.05, 4.69) is 28.9 Å². The molecule has 1 unspecified atom stereocenters. The van der Waals surface area contributed by atoms with Crippen LogP contribution < -0.4 is 5.56 Å². The maximum Gasteiger partial charge on any atom is 0.262 e. The Hall–Kier alpha value is -2.90. The van der Waals surface area contributed by atoms with Gasteiger partial charge in [-0.15, -0.1) is 0 Å². The number of nitrogens with zero attached hydrogens (tertiary/aromatic N) is 4. The molecule has 0 bridgehead atoms. The zero-order chi connectivity index (χ0) is 22.2. The predicted molar refractivity (Wildman–Crippen MR) is 130 cm³/mol. The minimum Gasteiger partial charge on any atom is -0.376 e. The quantitative estimate of drug-likeness (QED) is 0.314. The fraction of sp³-hybridized carbons (Fsp3) is 0.346. The molecule has 1 atom stereocenters. The number of benzene rings is 2. The maximum atomic E-state index is 13.4. The van der Waals surface area contributed by atoms with Crippen LogP contribution >= 0.6 is 11.8 Å². The molecule has 2 aromatic carbocycles. The van der Waals surface area contributed by atoms with E-state index in [1.54, 1.807) is 11.8 Å². The van der Waals surface area contributed by atoms with Crippen LogP contribution in [-0.4, -0.2) is 32.0 Å². The molecule has 7 heteroatoms. The third-order valence-corrected chi connectivity index (χ3v) is 7.58. The van der Waals surface area contributed by atoms with Gasteiger partial charge in [0, 0.05) is 18.1 Å². The van der Waals surface area contributed by atoms with E-state index in [1.807, 2.05) is 34.9 Å². The fourth-order valence-electron chi connectivity index (χ4n) is 4.96. The van der Waals surface area contributed by atoms with Gasteiger partial charge in [-0.1, -0.05) is 42.1 Å². The first kappa shape index (κ1) is 20.7. The number of hydrogen-bond donors (Lipinski definition) is 0. The lowest BCUT2D eigenvalue weighted by Crippen LogP contribution is -2.28. The Kier molecular flexibility index (Phi) is 5.52. The van der Waals surface area contributed by atoms with Crippen molar-refractivity contribution in [3.05, 3.63) is 81.9 Å². The van der Waals surface area contributed by atoms with Crippen molar-refractivity contribution < 1.29 is 4.74 Å². The van der Waals surface area contributed by atoms with E-state index in [0.717, 1.165) is 60.8 Å². The van der Waals surface area contributed by atoms with Gasteiger partial charge < -0.3 is 4.74 Å². The molecule has 6 nitrogen and oxygen atoms in total. The average Bonchev–Trinajstić information content (AvgIpc) is 3.60. The summed E-state index contributed by atoms with van der Waals surface area (Å²) in [6.45, 7) is 1.32. The van der Waals surface area contributed by atoms with Crippen LogP contribution in [0.15, 0.2) is 64.5 Å². The summed E-state index contributed by atoms with van der Waals surface area (Å²) in [6, 6.07) is 17.9. The lowest BCUT2D eigenvalue weighted by atomic mass is 10.2. The molecule has 0 amide bonds. The summed E-state index contributed by atoms with van der Waals surface area (Å²) < 4.78 is 9.76. The van der Waals surface area contributed by atoms with Crippen LogP contribution in [0.25, 0.3) is 16.6 Å². The Bertz CT molecular complexity index is 1360. The van der Waals surface area contributed by atoms with Crippen molar-refractivity contribution in [2.24, 2.45) is 0 Å². The second kappa shape index (κ2) is 8.80. The van der Waals surface area contributed by atoms with Crippen LogP contribution in [0.1, 0.15) is 36.2 Å². The van der Waals surface area contributed by atoms with Crippen molar-refractivity contribution in [2.45, 2.75) is 55.7 Å². The summed E-state index contributed by atoms with van der Waals surface area (Å²) in [5.41, 5.74) is 5.64. The Morgan fingerprint density at radius 2 is 1.88 bits per heavy atom. The van der Waals surface area contributed by atoms with Gasteiger partial charge in [0.15, 0.2) is 5.16 Å². The smallest absolute Gasteiger partial charge is 0.262 e. The molecule has 2 aliphatic rings. The van der Waals surface area contributed by atoms with Gasteiger partial charge in [0.2, 0.25) is 0 Å². The minimum atomic E-state index is 0.0126. The SMILES string of the molecule is O=c1c2ccccc2nc(SCc2nn(-c3ccccc3)c3c2CCC3)n1CC1CCCO1. The number of rotatable bonds is 6. The summed E-state index contributed by atoms with van der Waals surface area (Å²) in [5, 5.41) is 6.40. The van der Waals surface area contributed by atoms with E-state index >= 15 is 0 Å². The minimum absolute atomic E-state index is 0.0126. The topological polar surface area (TPSA) is 61.9 Å². The van der Waals surface area contributed by atoms with Crippen LogP contribution in [0.5, 0.6) is 0 Å². The molecular weight excluding hydrogens is 432 g/mol. The van der Waals surface area contributed by atoms with Gasteiger partial charge in [-0.3, -0.25) is 9.36 Å². The average molecular weight is 459 g/mol. The van der Waals surface area contributed by atoms with Gasteiger partial charge in [0.05, 0.1) is 34.9 Å². The van der Waals surface area contributed by atoms with Gasteiger partial charge in [0.1, 0.15) is 0 Å². The molecule has 33 heavy (non-hydrogen) atoms. The van der Waals surface area contributed by atoms with E-state index in [0.29, 0.717) is 17.7 Å². The third kappa shape index (κ3) is 3.89. The molecule has 1 fully saturated rings. The molecule has 0 radical (unpaired) electrons. The second-order valence-electron chi connectivity index (χ2n) is 8.72. The van der Waals surface area contributed by atoms with E-state index in [4.69, 9.17) is 14.8 Å². The van der Waals surface area contributed by atoms with Crippen LogP contribution in [0.3, 0.4) is 0 Å². The number of para-hydroxylation sites is 2. The van der Waals surface area contributed by atoms with Crippen molar-refractivity contribution in [3.63, 3.8) is 0 Å². The monoisotopic (exact) mass is 458 g/mol. The molecule has 6 rings (SSSR count). The molecule has 1 aliphatic heterocycles. The summed E-state index contributed by atoms with van der Waals surface area (Å²) >= 11 is 1.61. The Morgan fingerprint density at radius 1 is 1.03 bits per heavy atom. The van der Waals surface area contributed by atoms with Gasteiger partial charge >= 0.3 is 0 Å². The second-order valence-corrected chi connectivity index (χ2v) is 9.67. The third-order valence-electron chi connectivity index (χ3n) is 6.59. The lowest BCUT2D eigenvalue weighted by Gasteiger charge is -2.16. The van der Waals surface area contributed by atoms with Gasteiger partial charge in [-0.05, 0) is 61.9 Å². The van der Waals surface area contributed by atoms with Crippen molar-refractivity contribution in [1.29, 1.82) is 0 Å². The van der Waals surface area contributed by atoms with Crippen LogP contribution in [-0.2, 0) is 29.9 Å². The Morgan fingerprint density at radius 3 is 2.73 bits per heavy atom. The van der Waals surface area contributed by atoms with E-state index in [-0.39, 0.29) is 11.7 Å². The van der Waals surface area contributed by atoms with Crippen molar-refractivity contribution in [2.75, 3.05) is 6.61 Å². The van der Waals surface area contributed by atoms with Gasteiger partial charge in [0.25, 0.3) is 5.56 Å². The highest BCUT2D eigenvalue weighted by Crippen LogP contribution is 2.32. The summed E-state index contributed by atoms with van der Waals surface area (Å²) in [5.74, 6) is 0.693. The van der Waals surface area contributed by atoms with Crippen molar-refractivity contribution >= 4 is 22.7 Å². The van der Waals surface area contributed by atoms with E-state index in [1.165, 1.54) is 11.3 Å². The molecule has 4 aromatic rings. The Labute approximate surface area is 196 Å². The number of hydrogen-bond acceptors (Lipinski definition) is 5. The molecule has 1 aliphatic carbocycles. The lowest BCUT2D eigenvalue weighted by molar-refractivity contribution is 0.0937. The summed E-state index contributed by atoms with van der Waals surface area (Å²) in [6.07, 6.45) is 5.39. The number of thioether (sulfide) groups is 1. The number of aromatic nitrogens is 4. The zero-order valence-electron chi connectivity index (χ0n) is 18.4. The molecule has 0 spiro atoms. The first-order chi connectivity index (χ1) is 16.3. The zero-order valence-corrected chi connectivity index (χ0v) is 19.3. The van der Waals surface area contributed by atoms with Crippen LogP contribution in [0.2, 0.25) is 0 Å². The highest BCUT2D eigenvalue weighted by molar-refractivity contribution is 7.98. The van der Waals surface area contributed by atoms with Crippen LogP contribution in [0, 0.1) is 0 Å². The maximum absolute atomic E-state index is 13.4. The molecular formula is C26H26N4O2S. The number of ether oxygens (including phenoxy) is 1. The van der Waals surface area contributed by atoms with Crippen molar-refractivity contribution in [1.82, 2.24) is 19.3 Å². The predicted octanol–water partition coefficient (Wildman–Crippen LogP) is 4.54. The summed E-state index contributed by atoms with van der Waals surface area (Å²) in [7, 11) is 0. The number of fused-ring (bicyclic) bond motifs is 2. The van der Waals surface area contributed by atoms with Crippen LogP contribution in [0.4, 0.5) is 0 Å². The van der Waals surface area contributed by atoms with Gasteiger partial charge in [-0.2, -0.15) is 5.10 Å². The molecule has 0 saturated carbocycles. The standard InChI is InChI=1S/C26H26N4O2S/c31-25-21-11-4-5-13-22(21)27-26(29(25)16-19-10-7-15-32-19)33-17-23-20-12-6-14-24(20)30(28-23)18-8-2-1-3-9-18/h1-5,8-9,11,13,19H,6-7,10,12,14-17H2. The molecule has 168 valence electrons. The highest BCUT2D eigenvalue weighted by Gasteiger charge is 2.24. The normalized spacial score (nSPS) is 17.6. The largest absolute Gasteiger partial charge is 0.376 e.